The Labute approximate surface area is 148 Å². The van der Waals surface area contributed by atoms with E-state index >= 15 is 0 Å². The lowest BCUT2D eigenvalue weighted by Crippen LogP contribution is -2.62. The Balaban J connectivity index is 1.22. The van der Waals surface area contributed by atoms with E-state index in [0.717, 1.165) is 17.8 Å². The number of hydrogen-bond donors (Lipinski definition) is 0. The van der Waals surface area contributed by atoms with E-state index in [1.54, 1.807) is 38.5 Å². The summed E-state index contributed by atoms with van der Waals surface area (Å²) in [5, 5.41) is 0. The topological polar surface area (TPSA) is 0 Å². The summed E-state index contributed by atoms with van der Waals surface area (Å²) in [5.74, 6) is 17.4. The van der Waals surface area contributed by atoms with Gasteiger partial charge in [0.05, 0.1) is 0 Å². The maximum absolute atomic E-state index is 2.58. The van der Waals surface area contributed by atoms with Crippen molar-refractivity contribution >= 4 is 0 Å². The highest BCUT2D eigenvalue weighted by molar-refractivity contribution is 5.17. The molecule has 0 bridgehead atoms. The molecule has 7 saturated carbocycles. The predicted molar refractivity (Wildman–Crippen MR) is 97.1 cm³/mol. The number of hydrogen-bond acceptors (Lipinski definition) is 0. The van der Waals surface area contributed by atoms with E-state index in [2.05, 4.69) is 20.8 Å². The van der Waals surface area contributed by atoms with E-state index < -0.39 is 0 Å². The summed E-state index contributed by atoms with van der Waals surface area (Å²) in [6, 6.07) is 0. The maximum atomic E-state index is 2.58. The highest BCUT2D eigenvalue weighted by Gasteiger charge is 2.68. The van der Waals surface area contributed by atoms with E-state index in [1.807, 2.05) is 0 Å². The fraction of sp³-hybridized carbons (Fsp3) is 1.00. The minimum absolute atomic E-state index is 1.08. The van der Waals surface area contributed by atoms with E-state index in [0.29, 0.717) is 0 Å². The molecule has 0 amide bonds. The second kappa shape index (κ2) is 4.28. The summed E-state index contributed by atoms with van der Waals surface area (Å²) in [6.45, 7) is 7.73. The van der Waals surface area contributed by atoms with Crippen LogP contribution in [0, 0.1) is 88.8 Å². The Morgan fingerprint density at radius 3 is 0.833 bits per heavy atom. The fourth-order valence-corrected chi connectivity index (χ4v) is 10.9. The second-order valence-electron chi connectivity index (χ2n) is 12.1. The van der Waals surface area contributed by atoms with Gasteiger partial charge in [0.2, 0.25) is 0 Å². The smallest absolute Gasteiger partial charge is 0.0326 e. The highest BCUT2D eigenvalue weighted by Crippen LogP contribution is 2.75. The van der Waals surface area contributed by atoms with Crippen LogP contribution in [0.15, 0.2) is 0 Å². The average molecular weight is 325 g/mol. The van der Waals surface area contributed by atoms with E-state index in [1.165, 1.54) is 71.0 Å². The molecule has 0 saturated heterocycles. The Morgan fingerprint density at radius 1 is 0.333 bits per heavy atom. The Hall–Kier alpha value is 0. The summed E-state index contributed by atoms with van der Waals surface area (Å²) in [7, 11) is 0. The van der Waals surface area contributed by atoms with Gasteiger partial charge in [0.15, 0.2) is 0 Å². The van der Waals surface area contributed by atoms with Crippen LogP contribution in [0.4, 0.5) is 0 Å². The summed E-state index contributed by atoms with van der Waals surface area (Å²) < 4.78 is 0. The van der Waals surface area contributed by atoms with Crippen molar-refractivity contribution in [3.63, 3.8) is 0 Å². The van der Waals surface area contributed by atoms with Crippen LogP contribution in [0.1, 0.15) is 59.3 Å². The van der Waals surface area contributed by atoms with Crippen LogP contribution < -0.4 is 0 Å². The van der Waals surface area contributed by atoms with Crippen molar-refractivity contribution in [2.45, 2.75) is 59.3 Å². The van der Waals surface area contributed by atoms with Gasteiger partial charge in [-0.25, -0.2) is 0 Å². The summed E-state index contributed by atoms with van der Waals surface area (Å²) in [6.07, 6.45) is 9.84. The first kappa shape index (κ1) is 14.1. The average Bonchev–Trinajstić information content (AvgIpc) is 2.54. The first-order valence-electron chi connectivity index (χ1n) is 11.6. The monoisotopic (exact) mass is 324 g/mol. The third-order valence-electron chi connectivity index (χ3n) is 11.8. The van der Waals surface area contributed by atoms with Crippen LogP contribution in [-0.4, -0.2) is 0 Å². The molecule has 15 unspecified atom stereocenters. The first-order valence-corrected chi connectivity index (χ1v) is 11.6. The minimum Gasteiger partial charge on any atom is -0.0622 e. The summed E-state index contributed by atoms with van der Waals surface area (Å²) in [4.78, 5) is 0. The maximum Gasteiger partial charge on any atom is -0.0326 e. The predicted octanol–water partition coefficient (Wildman–Crippen LogP) is 5.72. The van der Waals surface area contributed by atoms with Gasteiger partial charge in [-0.2, -0.15) is 0 Å². The molecule has 0 aromatic carbocycles. The molecular formula is C24H36. The largest absolute Gasteiger partial charge is 0.0622 e. The van der Waals surface area contributed by atoms with Gasteiger partial charge in [0.1, 0.15) is 0 Å². The van der Waals surface area contributed by atoms with Crippen molar-refractivity contribution in [2.75, 3.05) is 0 Å². The molecule has 24 heavy (non-hydrogen) atoms. The van der Waals surface area contributed by atoms with Crippen LogP contribution in [0.5, 0.6) is 0 Å². The second-order valence-corrected chi connectivity index (χ2v) is 12.1. The molecule has 0 N–H and O–H groups in total. The quantitative estimate of drug-likeness (QED) is 0.534. The van der Waals surface area contributed by atoms with E-state index in [9.17, 15) is 0 Å². The molecule has 0 radical (unpaired) electrons. The van der Waals surface area contributed by atoms with Crippen molar-refractivity contribution in [1.29, 1.82) is 0 Å². The Kier molecular flexibility index (Phi) is 2.52. The van der Waals surface area contributed by atoms with Crippen molar-refractivity contribution in [1.82, 2.24) is 0 Å². The Morgan fingerprint density at radius 2 is 0.583 bits per heavy atom. The molecule has 7 rings (SSSR count). The molecule has 0 spiro atoms. The van der Waals surface area contributed by atoms with Crippen molar-refractivity contribution in [3.05, 3.63) is 0 Å². The lowest BCUT2D eigenvalue weighted by Gasteiger charge is -2.68. The van der Waals surface area contributed by atoms with Crippen LogP contribution in [0.25, 0.3) is 0 Å². The molecule has 132 valence electrons. The van der Waals surface area contributed by atoms with Gasteiger partial charge in [-0.3, -0.25) is 0 Å². The molecule has 7 fully saturated rings. The molecule has 0 nitrogen and oxygen atoms in total. The van der Waals surface area contributed by atoms with Crippen molar-refractivity contribution in [3.8, 4) is 0 Å². The molecule has 0 aromatic heterocycles. The van der Waals surface area contributed by atoms with Gasteiger partial charge in [-0.05, 0) is 127 Å². The van der Waals surface area contributed by atoms with Crippen LogP contribution in [-0.2, 0) is 0 Å². The lowest BCUT2D eigenvalue weighted by molar-refractivity contribution is -0.200. The van der Waals surface area contributed by atoms with Crippen LogP contribution in [0.2, 0.25) is 0 Å². The Bertz CT molecular complexity index is 498. The zero-order valence-electron chi connectivity index (χ0n) is 15.9. The molecule has 0 aromatic rings. The fourth-order valence-electron chi connectivity index (χ4n) is 10.9. The van der Waals surface area contributed by atoms with Crippen LogP contribution >= 0.6 is 0 Å². The third-order valence-corrected chi connectivity index (χ3v) is 11.8. The van der Waals surface area contributed by atoms with Gasteiger partial charge in [0.25, 0.3) is 0 Å². The highest BCUT2D eigenvalue weighted by atomic mass is 14.7. The van der Waals surface area contributed by atoms with E-state index in [-0.39, 0.29) is 0 Å². The zero-order valence-corrected chi connectivity index (χ0v) is 15.9. The van der Waals surface area contributed by atoms with Gasteiger partial charge < -0.3 is 0 Å². The summed E-state index contributed by atoms with van der Waals surface area (Å²) >= 11 is 0. The standard InChI is InChI=1S/C24H36/c1-10-4-16-13-8-20-15(18-6-12(3)24(18)20)9-21-14(7-19(13)22(10)16)17-5-11(2)23(17)21/h10-24H,4-9H2,1-3H3. The first-order chi connectivity index (χ1) is 11.6. The molecule has 15 atom stereocenters. The lowest BCUT2D eigenvalue weighted by atomic mass is 9.37. The molecule has 7 aliphatic rings. The molecular weight excluding hydrogens is 288 g/mol. The summed E-state index contributed by atoms with van der Waals surface area (Å²) in [5.41, 5.74) is 0. The SMILES string of the molecule is CC1CC2C3CC4C(CC5C(CC3C12)C1CC(C)C15)C1CC(C)C14. The molecule has 0 heterocycles. The number of fused-ring (bicyclic) bond motifs is 12. The van der Waals surface area contributed by atoms with Crippen molar-refractivity contribution < 1.29 is 0 Å². The van der Waals surface area contributed by atoms with Gasteiger partial charge >= 0.3 is 0 Å². The number of rotatable bonds is 0. The zero-order chi connectivity index (χ0) is 15.9. The van der Waals surface area contributed by atoms with Gasteiger partial charge in [-0.15, -0.1) is 0 Å². The molecule has 7 aliphatic carbocycles. The normalized spacial score (nSPS) is 73.9. The van der Waals surface area contributed by atoms with E-state index in [4.69, 9.17) is 0 Å². The molecule has 0 heteroatoms. The van der Waals surface area contributed by atoms with Gasteiger partial charge in [-0.1, -0.05) is 20.8 Å². The molecule has 0 aliphatic heterocycles. The van der Waals surface area contributed by atoms with Crippen molar-refractivity contribution in [2.24, 2.45) is 88.8 Å². The van der Waals surface area contributed by atoms with Gasteiger partial charge in [0, 0.05) is 0 Å². The van der Waals surface area contributed by atoms with Crippen LogP contribution in [0.3, 0.4) is 0 Å². The minimum atomic E-state index is 1.08. The third kappa shape index (κ3) is 1.38.